The molecule has 2 saturated carbocycles. The van der Waals surface area contributed by atoms with E-state index in [2.05, 4.69) is 35.9 Å². The summed E-state index contributed by atoms with van der Waals surface area (Å²) in [6.45, 7) is 2.67. The van der Waals surface area contributed by atoms with Crippen LogP contribution in [0.3, 0.4) is 0 Å². The molecular weight excluding hydrogens is 366 g/mol. The Morgan fingerprint density at radius 1 is 0.862 bits per heavy atom. The van der Waals surface area contributed by atoms with Crippen LogP contribution in [-0.2, 0) is 4.74 Å². The normalized spacial score (nSPS) is 21.7. The maximum Gasteiger partial charge on any atom is 0.130 e. The molecule has 8 heteroatoms. The maximum atomic E-state index is 5.11. The molecule has 3 N–H and O–H groups in total. The molecule has 0 unspecified atom stereocenters. The van der Waals surface area contributed by atoms with Gasteiger partial charge in [-0.25, -0.2) is 19.9 Å². The first-order valence-electron chi connectivity index (χ1n) is 10.7. The Balaban J connectivity index is 1.31. The average Bonchev–Trinajstić information content (AvgIpc) is 3.59. The highest BCUT2D eigenvalue weighted by Gasteiger charge is 2.22. The fraction of sp³-hybridized carbons (Fsp3) is 0.619. The van der Waals surface area contributed by atoms with E-state index in [-0.39, 0.29) is 0 Å². The number of hydrogen-bond acceptors (Lipinski definition) is 8. The summed E-state index contributed by atoms with van der Waals surface area (Å²) in [7, 11) is 1.74. The highest BCUT2D eigenvalue weighted by Crippen LogP contribution is 2.29. The number of aromatic nitrogens is 4. The summed E-state index contributed by atoms with van der Waals surface area (Å²) in [5.74, 6) is 2.51. The molecule has 2 aromatic rings. The molecule has 0 radical (unpaired) electrons. The molecule has 156 valence electrons. The number of nitrogens with zero attached hydrogens (tertiary/aromatic N) is 4. The highest BCUT2D eigenvalue weighted by molar-refractivity contribution is 5.61. The van der Waals surface area contributed by atoms with Crippen LogP contribution in [0.25, 0.3) is 11.4 Å². The topological polar surface area (TPSA) is 96.9 Å². The minimum atomic E-state index is 0.444. The zero-order chi connectivity index (χ0) is 19.9. The Hall–Kier alpha value is -2.32. The predicted molar refractivity (Wildman–Crippen MR) is 114 cm³/mol. The van der Waals surface area contributed by atoms with Crippen LogP contribution in [0.5, 0.6) is 0 Å². The van der Waals surface area contributed by atoms with E-state index in [1.165, 1.54) is 25.7 Å². The van der Waals surface area contributed by atoms with Gasteiger partial charge in [-0.05, 0) is 44.4 Å². The minimum absolute atomic E-state index is 0.444. The van der Waals surface area contributed by atoms with Gasteiger partial charge < -0.3 is 20.7 Å². The van der Waals surface area contributed by atoms with Crippen molar-refractivity contribution in [2.45, 2.75) is 50.6 Å². The Kier molecular flexibility index (Phi) is 6.84. The highest BCUT2D eigenvalue weighted by atomic mass is 16.5. The number of anilines is 2. The number of nitrogens with one attached hydrogen (secondary N) is 3. The number of hydrogen-bond donors (Lipinski definition) is 3. The van der Waals surface area contributed by atoms with Gasteiger partial charge in [-0.3, -0.25) is 0 Å². The fourth-order valence-electron chi connectivity index (χ4n) is 3.76. The van der Waals surface area contributed by atoms with E-state index < -0.39 is 0 Å². The van der Waals surface area contributed by atoms with E-state index in [1.54, 1.807) is 19.8 Å². The van der Waals surface area contributed by atoms with Gasteiger partial charge in [-0.1, -0.05) is 0 Å². The monoisotopic (exact) mass is 397 g/mol. The Bertz CT molecular complexity index is 775. The molecule has 4 rings (SSSR count). The molecule has 2 fully saturated rings. The molecule has 8 nitrogen and oxygen atoms in total. The molecule has 0 spiro atoms. The van der Waals surface area contributed by atoms with Crippen molar-refractivity contribution in [1.82, 2.24) is 25.3 Å². The van der Waals surface area contributed by atoms with Gasteiger partial charge in [0.05, 0.1) is 18.0 Å². The molecule has 0 atom stereocenters. The molecule has 29 heavy (non-hydrogen) atoms. The third-order valence-corrected chi connectivity index (χ3v) is 5.68. The van der Waals surface area contributed by atoms with Crippen LogP contribution in [0.2, 0.25) is 0 Å². The number of ether oxygens (including phenoxy) is 1. The molecule has 2 heterocycles. The summed E-state index contributed by atoms with van der Waals surface area (Å²) in [6.07, 6.45) is 10.4. The maximum absolute atomic E-state index is 5.11. The molecule has 2 aliphatic carbocycles. The van der Waals surface area contributed by atoms with E-state index in [0.29, 0.717) is 12.1 Å². The van der Waals surface area contributed by atoms with Gasteiger partial charge in [-0.15, -0.1) is 0 Å². The fourth-order valence-corrected chi connectivity index (χ4v) is 3.76. The molecule has 0 amide bonds. The quantitative estimate of drug-likeness (QED) is 0.527. The summed E-state index contributed by atoms with van der Waals surface area (Å²) < 4.78 is 5.11. The molecule has 2 aromatic heterocycles. The Morgan fingerprint density at radius 3 is 2.21 bits per heavy atom. The second kappa shape index (κ2) is 9.93. The van der Waals surface area contributed by atoms with Gasteiger partial charge in [0.15, 0.2) is 0 Å². The third-order valence-electron chi connectivity index (χ3n) is 5.68. The van der Waals surface area contributed by atoms with Crippen LogP contribution < -0.4 is 16.0 Å². The average molecular weight is 398 g/mol. The van der Waals surface area contributed by atoms with Crippen molar-refractivity contribution in [3.63, 3.8) is 0 Å². The lowest BCUT2D eigenvalue weighted by Crippen LogP contribution is -2.38. The second-order valence-corrected chi connectivity index (χ2v) is 8.04. The summed E-state index contributed by atoms with van der Waals surface area (Å²) in [5.41, 5.74) is 1.63. The first-order chi connectivity index (χ1) is 14.3. The predicted octanol–water partition coefficient (Wildman–Crippen LogP) is 2.71. The summed E-state index contributed by atoms with van der Waals surface area (Å²) in [5, 5.41) is 10.5. The van der Waals surface area contributed by atoms with Crippen molar-refractivity contribution in [3.8, 4) is 11.4 Å². The summed E-state index contributed by atoms with van der Waals surface area (Å²) >= 11 is 0. The van der Waals surface area contributed by atoms with Gasteiger partial charge in [-0.2, -0.15) is 0 Å². The van der Waals surface area contributed by atoms with Crippen molar-refractivity contribution >= 4 is 11.6 Å². The van der Waals surface area contributed by atoms with Crippen LogP contribution in [-0.4, -0.2) is 58.8 Å². The molecular formula is C21H31N7O. The smallest absolute Gasteiger partial charge is 0.130 e. The standard InChI is InChI=1S/C21H31N7O/c1-29-9-8-22-16-4-6-17(7-5-16)28-21-11-19(25-14-27-21)18-10-20(26-13-24-18)23-12-15-2-3-15/h10-11,13-17,22H,2-9,12H2,1H3,(H,23,24,26)(H,25,27,28). The van der Waals surface area contributed by atoms with E-state index in [9.17, 15) is 0 Å². The number of methoxy groups -OCH3 is 1. The molecule has 0 bridgehead atoms. The lowest BCUT2D eigenvalue weighted by Gasteiger charge is -2.30. The zero-order valence-corrected chi connectivity index (χ0v) is 17.1. The van der Waals surface area contributed by atoms with Gasteiger partial charge >= 0.3 is 0 Å². The van der Waals surface area contributed by atoms with Crippen molar-refractivity contribution in [1.29, 1.82) is 0 Å². The molecule has 0 aliphatic heterocycles. The lowest BCUT2D eigenvalue weighted by atomic mass is 9.91. The largest absolute Gasteiger partial charge is 0.383 e. The first kappa shape index (κ1) is 20.0. The molecule has 0 aromatic carbocycles. The Morgan fingerprint density at radius 2 is 1.52 bits per heavy atom. The Labute approximate surface area is 172 Å². The third kappa shape index (κ3) is 6.08. The molecule has 0 saturated heterocycles. The number of rotatable bonds is 10. The van der Waals surface area contributed by atoms with Crippen molar-refractivity contribution in [3.05, 3.63) is 24.8 Å². The molecule has 2 aliphatic rings. The van der Waals surface area contributed by atoms with Crippen LogP contribution in [0.15, 0.2) is 24.8 Å². The summed E-state index contributed by atoms with van der Waals surface area (Å²) in [4.78, 5) is 17.5. The van der Waals surface area contributed by atoms with Gasteiger partial charge in [0, 0.05) is 44.4 Å². The van der Waals surface area contributed by atoms with E-state index in [1.807, 2.05) is 12.1 Å². The SMILES string of the molecule is COCCNC1CCC(Nc2cc(-c3cc(NCC4CC4)ncn3)ncn2)CC1. The lowest BCUT2D eigenvalue weighted by molar-refractivity contribution is 0.191. The van der Waals surface area contributed by atoms with Gasteiger partial charge in [0.1, 0.15) is 24.3 Å². The van der Waals surface area contributed by atoms with Crippen LogP contribution in [0.1, 0.15) is 38.5 Å². The van der Waals surface area contributed by atoms with Crippen molar-refractivity contribution in [2.75, 3.05) is 37.4 Å². The van der Waals surface area contributed by atoms with Crippen molar-refractivity contribution < 1.29 is 4.74 Å². The van der Waals surface area contributed by atoms with Crippen LogP contribution in [0.4, 0.5) is 11.6 Å². The van der Waals surface area contributed by atoms with E-state index in [0.717, 1.165) is 61.5 Å². The first-order valence-corrected chi connectivity index (χ1v) is 10.7. The van der Waals surface area contributed by atoms with E-state index in [4.69, 9.17) is 4.74 Å². The van der Waals surface area contributed by atoms with Gasteiger partial charge in [0.2, 0.25) is 0 Å². The minimum Gasteiger partial charge on any atom is -0.383 e. The second-order valence-electron chi connectivity index (χ2n) is 8.04. The zero-order valence-electron chi connectivity index (χ0n) is 17.1. The summed E-state index contributed by atoms with van der Waals surface area (Å²) in [6, 6.07) is 4.98. The van der Waals surface area contributed by atoms with E-state index >= 15 is 0 Å². The van der Waals surface area contributed by atoms with Crippen LogP contribution >= 0.6 is 0 Å². The van der Waals surface area contributed by atoms with Gasteiger partial charge in [0.25, 0.3) is 0 Å². The van der Waals surface area contributed by atoms with Crippen LogP contribution in [0, 0.1) is 5.92 Å². The van der Waals surface area contributed by atoms with Crippen molar-refractivity contribution in [2.24, 2.45) is 5.92 Å².